The fourth-order valence-corrected chi connectivity index (χ4v) is 4.01. The Morgan fingerprint density at radius 1 is 0.552 bits per heavy atom. The van der Waals surface area contributed by atoms with Crippen LogP contribution in [0, 0.1) is 0 Å². The van der Waals surface area contributed by atoms with Crippen LogP contribution in [0.4, 0.5) is 28.4 Å². The molecule has 0 atom stereocenters. The lowest BCUT2D eigenvalue weighted by Crippen LogP contribution is -2.26. The molecule has 0 spiro atoms. The van der Waals surface area contributed by atoms with Crippen LogP contribution in [0.25, 0.3) is 0 Å². The molecule has 0 N–H and O–H groups in total. The van der Waals surface area contributed by atoms with Gasteiger partial charge >= 0.3 is 0 Å². The highest BCUT2D eigenvalue weighted by Gasteiger charge is 2.30. The molecule has 1 aliphatic rings. The Kier molecular flexibility index (Phi) is 4.49. The van der Waals surface area contributed by atoms with Crippen LogP contribution >= 0.6 is 0 Å². The summed E-state index contributed by atoms with van der Waals surface area (Å²) in [6.07, 6.45) is 0. The molecule has 0 bridgehead atoms. The molecule has 0 aliphatic carbocycles. The molecule has 0 saturated heterocycles. The minimum Gasteiger partial charge on any atom is -0.341 e. The fraction of sp³-hybridized carbons (Fsp3) is 0.333. The Bertz CT molecular complexity index is 971. The van der Waals surface area contributed by atoms with Gasteiger partial charge in [0.15, 0.2) is 0 Å². The number of hydrogen-bond acceptors (Lipinski definition) is 2. The van der Waals surface area contributed by atoms with E-state index in [1.165, 1.54) is 39.6 Å². The number of rotatable bonds is 1. The second-order valence-corrected chi connectivity index (χ2v) is 10.1. The zero-order valence-electron chi connectivity index (χ0n) is 18.7. The summed E-state index contributed by atoms with van der Waals surface area (Å²) >= 11 is 0. The van der Waals surface area contributed by atoms with Crippen molar-refractivity contribution in [2.45, 2.75) is 52.4 Å². The van der Waals surface area contributed by atoms with Gasteiger partial charge < -0.3 is 9.80 Å². The summed E-state index contributed by atoms with van der Waals surface area (Å²) in [5.74, 6) is 0. The number of anilines is 5. The quantitative estimate of drug-likeness (QED) is 0.422. The van der Waals surface area contributed by atoms with Crippen molar-refractivity contribution in [2.24, 2.45) is 0 Å². The van der Waals surface area contributed by atoms with E-state index in [4.69, 9.17) is 0 Å². The van der Waals surface area contributed by atoms with Gasteiger partial charge in [-0.2, -0.15) is 0 Å². The monoisotopic (exact) mass is 384 g/mol. The number of nitrogens with zero attached hydrogens (tertiary/aromatic N) is 2. The second kappa shape index (κ2) is 6.66. The first-order chi connectivity index (χ1) is 13.6. The molecule has 29 heavy (non-hydrogen) atoms. The summed E-state index contributed by atoms with van der Waals surface area (Å²) < 4.78 is 0. The standard InChI is InChI=1S/C27H32N2/c1-26(2,3)19-13-15-22-24(17-19)28(7)25-18-20(27(4,5)6)14-16-23(25)29(22)21-11-9-8-10-12-21/h8-18H,1-7H3. The zero-order chi connectivity index (χ0) is 21.0. The summed E-state index contributed by atoms with van der Waals surface area (Å²) in [5.41, 5.74) is 9.07. The van der Waals surface area contributed by atoms with Gasteiger partial charge in [-0.05, 0) is 58.4 Å². The van der Waals surface area contributed by atoms with E-state index in [-0.39, 0.29) is 10.8 Å². The van der Waals surface area contributed by atoms with Crippen molar-refractivity contribution in [1.82, 2.24) is 0 Å². The minimum absolute atomic E-state index is 0.112. The topological polar surface area (TPSA) is 6.48 Å². The third-order valence-electron chi connectivity index (χ3n) is 5.90. The Hall–Kier alpha value is -2.74. The van der Waals surface area contributed by atoms with Crippen molar-refractivity contribution >= 4 is 28.4 Å². The van der Waals surface area contributed by atoms with Crippen molar-refractivity contribution in [1.29, 1.82) is 0 Å². The van der Waals surface area contributed by atoms with E-state index in [1.54, 1.807) is 0 Å². The van der Waals surface area contributed by atoms with Gasteiger partial charge in [0, 0.05) is 12.7 Å². The van der Waals surface area contributed by atoms with Gasteiger partial charge in [0.05, 0.1) is 22.7 Å². The minimum atomic E-state index is 0.112. The van der Waals surface area contributed by atoms with Crippen LogP contribution < -0.4 is 9.80 Å². The maximum Gasteiger partial charge on any atom is 0.0699 e. The Morgan fingerprint density at radius 2 is 1.00 bits per heavy atom. The molecular formula is C27H32N2. The SMILES string of the molecule is CN1c2cc(C(C)(C)C)ccc2N(c2ccccc2)c2ccc(C(C)(C)C)cc21. The molecule has 0 fully saturated rings. The normalized spacial score (nSPS) is 13.9. The first-order valence-corrected chi connectivity index (χ1v) is 10.5. The zero-order valence-corrected chi connectivity index (χ0v) is 18.7. The molecule has 1 aliphatic heterocycles. The van der Waals surface area contributed by atoms with E-state index in [0.717, 1.165) is 0 Å². The number of fused-ring (bicyclic) bond motifs is 2. The lowest BCUT2D eigenvalue weighted by molar-refractivity contribution is 0.590. The average Bonchev–Trinajstić information content (AvgIpc) is 2.67. The smallest absolute Gasteiger partial charge is 0.0699 e. The van der Waals surface area contributed by atoms with Crippen molar-refractivity contribution in [3.63, 3.8) is 0 Å². The molecule has 2 heteroatoms. The summed E-state index contributed by atoms with van der Waals surface area (Å²) in [4.78, 5) is 4.75. The van der Waals surface area contributed by atoms with Gasteiger partial charge in [-0.3, -0.25) is 0 Å². The van der Waals surface area contributed by atoms with Crippen molar-refractivity contribution < 1.29 is 0 Å². The third-order valence-corrected chi connectivity index (χ3v) is 5.90. The molecule has 0 unspecified atom stereocenters. The van der Waals surface area contributed by atoms with Crippen LogP contribution in [0.2, 0.25) is 0 Å². The molecule has 0 radical (unpaired) electrons. The van der Waals surface area contributed by atoms with Gasteiger partial charge in [-0.25, -0.2) is 0 Å². The lowest BCUT2D eigenvalue weighted by Gasteiger charge is -2.40. The highest BCUT2D eigenvalue weighted by Crippen LogP contribution is 2.52. The van der Waals surface area contributed by atoms with E-state index in [9.17, 15) is 0 Å². The lowest BCUT2D eigenvalue weighted by atomic mass is 9.85. The second-order valence-electron chi connectivity index (χ2n) is 10.1. The average molecular weight is 385 g/mol. The molecule has 3 aromatic carbocycles. The maximum atomic E-state index is 2.39. The van der Waals surface area contributed by atoms with Gasteiger partial charge in [-0.15, -0.1) is 0 Å². The summed E-state index contributed by atoms with van der Waals surface area (Å²) in [7, 11) is 2.19. The van der Waals surface area contributed by atoms with Gasteiger partial charge in [0.2, 0.25) is 0 Å². The Morgan fingerprint density at radius 3 is 1.41 bits per heavy atom. The van der Waals surface area contributed by atoms with Gasteiger partial charge in [0.1, 0.15) is 0 Å². The summed E-state index contributed by atoms with van der Waals surface area (Å²) in [5, 5.41) is 0. The highest BCUT2D eigenvalue weighted by molar-refractivity contribution is 5.98. The predicted octanol–water partition coefficient (Wildman–Crippen LogP) is 7.83. The van der Waals surface area contributed by atoms with Crippen LogP contribution in [-0.4, -0.2) is 7.05 Å². The largest absolute Gasteiger partial charge is 0.341 e. The molecule has 1 heterocycles. The number of para-hydroxylation sites is 1. The molecule has 150 valence electrons. The van der Waals surface area contributed by atoms with E-state index in [0.29, 0.717) is 0 Å². The van der Waals surface area contributed by atoms with Crippen molar-refractivity contribution in [2.75, 3.05) is 16.8 Å². The van der Waals surface area contributed by atoms with Gasteiger partial charge in [-0.1, -0.05) is 71.9 Å². The van der Waals surface area contributed by atoms with Gasteiger partial charge in [0.25, 0.3) is 0 Å². The molecule has 0 aromatic heterocycles. The molecule has 0 amide bonds. The van der Waals surface area contributed by atoms with E-state index < -0.39 is 0 Å². The highest BCUT2D eigenvalue weighted by atomic mass is 15.3. The molecule has 4 rings (SSSR count). The summed E-state index contributed by atoms with van der Waals surface area (Å²) in [6.45, 7) is 13.7. The van der Waals surface area contributed by atoms with Crippen LogP contribution in [-0.2, 0) is 10.8 Å². The first-order valence-electron chi connectivity index (χ1n) is 10.5. The Balaban J connectivity index is 1.98. The number of hydrogen-bond donors (Lipinski definition) is 0. The van der Waals surface area contributed by atoms with Crippen LogP contribution in [0.15, 0.2) is 66.7 Å². The van der Waals surface area contributed by atoms with E-state index >= 15 is 0 Å². The van der Waals surface area contributed by atoms with Crippen LogP contribution in [0.1, 0.15) is 52.7 Å². The predicted molar refractivity (Wildman–Crippen MR) is 127 cm³/mol. The van der Waals surface area contributed by atoms with Crippen molar-refractivity contribution in [3.05, 3.63) is 77.9 Å². The molecule has 2 nitrogen and oxygen atoms in total. The van der Waals surface area contributed by atoms with Crippen LogP contribution in [0.5, 0.6) is 0 Å². The maximum absolute atomic E-state index is 2.39. The third kappa shape index (κ3) is 3.42. The molecule has 0 saturated carbocycles. The fourth-order valence-electron chi connectivity index (χ4n) is 4.01. The first kappa shape index (κ1) is 19.6. The number of benzene rings is 3. The molecular weight excluding hydrogens is 352 g/mol. The Labute approximate surface area is 175 Å². The summed E-state index contributed by atoms with van der Waals surface area (Å²) in [6, 6.07) is 24.5. The van der Waals surface area contributed by atoms with E-state index in [2.05, 4.69) is 125 Å². The van der Waals surface area contributed by atoms with Crippen LogP contribution in [0.3, 0.4) is 0 Å². The van der Waals surface area contributed by atoms with Crippen molar-refractivity contribution in [3.8, 4) is 0 Å². The van der Waals surface area contributed by atoms with E-state index in [1.807, 2.05) is 0 Å². The molecule has 3 aromatic rings.